The number of nitrogens with one attached hydrogen (secondary N) is 1. The summed E-state index contributed by atoms with van der Waals surface area (Å²) in [4.78, 5) is 36.1. The molecule has 0 aromatic carbocycles. The van der Waals surface area contributed by atoms with Gasteiger partial charge in [0, 0.05) is 20.0 Å². The maximum absolute atomic E-state index is 11.6. The zero-order chi connectivity index (χ0) is 12.1. The molecule has 0 aliphatic heterocycles. The van der Waals surface area contributed by atoms with Crippen molar-refractivity contribution in [1.29, 1.82) is 0 Å². The minimum atomic E-state index is -0.747. The quantitative estimate of drug-likeness (QED) is 0.648. The second-order valence-electron chi connectivity index (χ2n) is 2.95. The van der Waals surface area contributed by atoms with Gasteiger partial charge in [0.15, 0.2) is 12.0 Å². The third kappa shape index (κ3) is 2.08. The van der Waals surface area contributed by atoms with E-state index in [2.05, 4.69) is 10.3 Å². The van der Waals surface area contributed by atoms with Crippen molar-refractivity contribution in [2.24, 2.45) is 0 Å². The molecule has 7 nitrogen and oxygen atoms in total. The summed E-state index contributed by atoms with van der Waals surface area (Å²) < 4.78 is 1.09. The summed E-state index contributed by atoms with van der Waals surface area (Å²) in [5.41, 5.74) is -1.07. The van der Waals surface area contributed by atoms with Gasteiger partial charge in [-0.25, -0.2) is 4.98 Å². The van der Waals surface area contributed by atoms with E-state index in [1.807, 2.05) is 0 Å². The van der Waals surface area contributed by atoms with Gasteiger partial charge in [-0.2, -0.15) is 0 Å². The summed E-state index contributed by atoms with van der Waals surface area (Å²) in [6, 6.07) is 0. The first-order valence-corrected chi connectivity index (χ1v) is 4.56. The lowest BCUT2D eigenvalue weighted by atomic mass is 10.3. The molecule has 0 saturated heterocycles. The average Bonchev–Trinajstić information content (AvgIpc) is 2.31. The summed E-state index contributed by atoms with van der Waals surface area (Å²) in [5.74, 6) is -0.577. The van der Waals surface area contributed by atoms with E-state index < -0.39 is 11.3 Å². The van der Waals surface area contributed by atoms with Gasteiger partial charge in [-0.05, 0) is 0 Å². The topological polar surface area (TPSA) is 101 Å². The lowest BCUT2D eigenvalue weighted by Gasteiger charge is -2.10. The Hall–Kier alpha value is -2.18. The number of rotatable bonds is 5. The summed E-state index contributed by atoms with van der Waals surface area (Å²) in [5, 5.41) is 12.0. The second kappa shape index (κ2) is 5.06. The molecular formula is C9H11N3O4. The van der Waals surface area contributed by atoms with Gasteiger partial charge >= 0.3 is 0 Å². The predicted molar refractivity (Wildman–Crippen MR) is 55.8 cm³/mol. The van der Waals surface area contributed by atoms with Gasteiger partial charge in [0.1, 0.15) is 6.29 Å². The molecule has 7 heteroatoms. The monoisotopic (exact) mass is 225 g/mol. The fraction of sp³-hybridized carbons (Fsp3) is 0.333. The fourth-order valence-electron chi connectivity index (χ4n) is 1.22. The Balaban J connectivity index is 3.35. The third-order valence-corrected chi connectivity index (χ3v) is 1.98. The van der Waals surface area contributed by atoms with Crippen LogP contribution in [0.2, 0.25) is 0 Å². The van der Waals surface area contributed by atoms with Crippen molar-refractivity contribution in [3.8, 4) is 5.75 Å². The van der Waals surface area contributed by atoms with Crippen molar-refractivity contribution in [1.82, 2.24) is 9.55 Å². The highest BCUT2D eigenvalue weighted by atomic mass is 16.3. The number of carbonyl (C=O) groups is 2. The van der Waals surface area contributed by atoms with Gasteiger partial charge in [-0.15, -0.1) is 0 Å². The number of carbonyl (C=O) groups excluding carboxylic acids is 2. The lowest BCUT2D eigenvalue weighted by Crippen LogP contribution is -2.25. The lowest BCUT2D eigenvalue weighted by molar-refractivity contribution is -0.108. The van der Waals surface area contributed by atoms with Gasteiger partial charge in [-0.3, -0.25) is 14.2 Å². The molecule has 0 aliphatic carbocycles. The second-order valence-corrected chi connectivity index (χ2v) is 2.95. The molecule has 0 spiro atoms. The van der Waals surface area contributed by atoms with Crippen LogP contribution in [0.4, 0.5) is 5.95 Å². The molecule has 0 unspecified atom stereocenters. The molecule has 0 amide bonds. The smallest absolute Gasteiger partial charge is 0.297 e. The first-order chi connectivity index (χ1) is 7.65. The van der Waals surface area contributed by atoms with Crippen LogP contribution >= 0.6 is 0 Å². The van der Waals surface area contributed by atoms with Gasteiger partial charge in [0.2, 0.25) is 11.7 Å². The van der Waals surface area contributed by atoms with E-state index in [0.717, 1.165) is 4.57 Å². The molecule has 0 aliphatic rings. The molecule has 2 N–H and O–H groups in total. The van der Waals surface area contributed by atoms with Crippen molar-refractivity contribution in [2.45, 2.75) is 13.0 Å². The Labute approximate surface area is 90.7 Å². The van der Waals surface area contributed by atoms with Crippen LogP contribution in [0, 0.1) is 0 Å². The molecule has 1 rings (SSSR count). The van der Waals surface area contributed by atoms with Crippen LogP contribution in [0.25, 0.3) is 0 Å². The highest BCUT2D eigenvalue weighted by molar-refractivity contribution is 5.76. The van der Waals surface area contributed by atoms with E-state index in [1.165, 1.54) is 7.05 Å². The van der Waals surface area contributed by atoms with Gasteiger partial charge < -0.3 is 15.2 Å². The van der Waals surface area contributed by atoms with E-state index in [4.69, 9.17) is 0 Å². The average molecular weight is 225 g/mol. The number of hydrogen-bond acceptors (Lipinski definition) is 6. The Morgan fingerprint density at radius 1 is 1.50 bits per heavy atom. The van der Waals surface area contributed by atoms with Crippen LogP contribution in [0.3, 0.4) is 0 Å². The molecule has 1 aromatic heterocycles. The normalized spacial score (nSPS) is 9.81. The summed E-state index contributed by atoms with van der Waals surface area (Å²) >= 11 is 0. The maximum atomic E-state index is 11.6. The molecule has 1 aromatic rings. The highest BCUT2D eigenvalue weighted by Gasteiger charge is 2.14. The molecule has 0 bridgehead atoms. The highest BCUT2D eigenvalue weighted by Crippen LogP contribution is 2.10. The zero-order valence-electron chi connectivity index (χ0n) is 8.64. The van der Waals surface area contributed by atoms with E-state index in [1.54, 1.807) is 0 Å². The molecular weight excluding hydrogens is 214 g/mol. The van der Waals surface area contributed by atoms with E-state index in [-0.39, 0.29) is 24.6 Å². The number of nitrogens with zero attached hydrogens (tertiary/aromatic N) is 2. The number of anilines is 1. The molecule has 0 saturated carbocycles. The maximum Gasteiger partial charge on any atom is 0.297 e. The minimum absolute atomic E-state index is 0.0954. The molecule has 1 heterocycles. The van der Waals surface area contributed by atoms with Gasteiger partial charge in [-0.1, -0.05) is 0 Å². The van der Waals surface area contributed by atoms with Gasteiger partial charge in [0.25, 0.3) is 5.56 Å². The summed E-state index contributed by atoms with van der Waals surface area (Å²) in [6.07, 6.45) is 1.06. The van der Waals surface area contributed by atoms with Crippen LogP contribution < -0.4 is 10.9 Å². The van der Waals surface area contributed by atoms with E-state index >= 15 is 0 Å². The third-order valence-electron chi connectivity index (χ3n) is 1.98. The minimum Gasteiger partial charge on any atom is -0.501 e. The van der Waals surface area contributed by atoms with E-state index in [0.29, 0.717) is 12.6 Å². The van der Waals surface area contributed by atoms with Crippen LogP contribution in [0.15, 0.2) is 4.79 Å². The zero-order valence-corrected chi connectivity index (χ0v) is 8.64. The number of hydrogen-bond donors (Lipinski definition) is 2. The van der Waals surface area contributed by atoms with Crippen LogP contribution in [0.5, 0.6) is 5.75 Å². The molecule has 0 atom stereocenters. The van der Waals surface area contributed by atoms with Crippen molar-refractivity contribution in [3.05, 3.63) is 16.0 Å². The van der Waals surface area contributed by atoms with Crippen molar-refractivity contribution < 1.29 is 14.7 Å². The predicted octanol–water partition coefficient (Wildman–Crippen LogP) is -0.608. The van der Waals surface area contributed by atoms with E-state index in [9.17, 15) is 19.5 Å². The van der Waals surface area contributed by atoms with Crippen LogP contribution in [0.1, 0.15) is 16.9 Å². The fourth-order valence-corrected chi connectivity index (χ4v) is 1.22. The Kier molecular flexibility index (Phi) is 3.76. The molecule has 0 fully saturated rings. The number of aromatic hydroxyl groups is 1. The number of aldehydes is 2. The standard InChI is InChI=1S/C9H11N3O4/c1-10-9-11-6(5-14)7(15)8(16)12(9)3-2-4-13/h4-5,15H,2-3H2,1H3,(H,10,11). The first-order valence-electron chi connectivity index (χ1n) is 4.56. The van der Waals surface area contributed by atoms with Crippen molar-refractivity contribution >= 4 is 18.5 Å². The summed E-state index contributed by atoms with van der Waals surface area (Å²) in [7, 11) is 1.52. The summed E-state index contributed by atoms with van der Waals surface area (Å²) in [6.45, 7) is 0.0954. The van der Waals surface area contributed by atoms with Crippen molar-refractivity contribution in [3.63, 3.8) is 0 Å². The van der Waals surface area contributed by atoms with Crippen LogP contribution in [-0.2, 0) is 11.3 Å². The first kappa shape index (κ1) is 11.9. The molecule has 86 valence electrons. The molecule has 16 heavy (non-hydrogen) atoms. The Bertz CT molecular complexity index is 467. The van der Waals surface area contributed by atoms with Gasteiger partial charge in [0.05, 0.1) is 0 Å². The number of aromatic nitrogens is 2. The SMILES string of the molecule is CNc1nc(C=O)c(O)c(=O)n1CCC=O. The Morgan fingerprint density at radius 2 is 2.19 bits per heavy atom. The van der Waals surface area contributed by atoms with Crippen LogP contribution in [-0.4, -0.2) is 34.3 Å². The largest absolute Gasteiger partial charge is 0.501 e. The van der Waals surface area contributed by atoms with Crippen molar-refractivity contribution in [2.75, 3.05) is 12.4 Å². The molecule has 0 radical (unpaired) electrons. The Morgan fingerprint density at radius 3 is 2.69 bits per heavy atom.